The number of hydrogen-bond acceptors (Lipinski definition) is 5. The minimum Gasteiger partial charge on any atom is -0.494 e. The van der Waals surface area contributed by atoms with Crippen LogP contribution < -0.4 is 20.3 Å². The molecule has 1 unspecified atom stereocenters. The highest BCUT2D eigenvalue weighted by Gasteiger charge is 2.32. The van der Waals surface area contributed by atoms with Crippen LogP contribution in [0.15, 0.2) is 54.6 Å². The number of nitrogens with one attached hydrogen (secondary N) is 2. The molecule has 2 aliphatic heterocycles. The van der Waals surface area contributed by atoms with Gasteiger partial charge in [-0.05, 0) is 49.6 Å². The van der Waals surface area contributed by atoms with Gasteiger partial charge in [-0.2, -0.15) is 0 Å². The molecule has 2 saturated heterocycles. The molecule has 0 aromatic heterocycles. The van der Waals surface area contributed by atoms with Crippen molar-refractivity contribution in [3.63, 3.8) is 0 Å². The van der Waals surface area contributed by atoms with Gasteiger partial charge in [0.25, 0.3) is 0 Å². The number of hydrogen-bond donors (Lipinski definition) is 2. The topological polar surface area (TPSA) is 73.9 Å². The van der Waals surface area contributed by atoms with Crippen LogP contribution in [0.3, 0.4) is 0 Å². The Morgan fingerprint density at radius 1 is 1.06 bits per heavy atom. The summed E-state index contributed by atoms with van der Waals surface area (Å²) in [5.74, 6) is 0.722. The molecule has 0 bridgehead atoms. The lowest BCUT2D eigenvalue weighted by atomic mass is 10.0. The Balaban J connectivity index is 1.29. The lowest BCUT2D eigenvalue weighted by molar-refractivity contribution is -0.134. The van der Waals surface area contributed by atoms with Crippen LogP contribution in [0.25, 0.3) is 0 Å². The number of piperazine rings is 1. The highest BCUT2D eigenvalue weighted by atomic mass is 16.5. The van der Waals surface area contributed by atoms with Crippen molar-refractivity contribution < 1.29 is 14.3 Å². The summed E-state index contributed by atoms with van der Waals surface area (Å²) in [6, 6.07) is 18.0. The zero-order chi connectivity index (χ0) is 23.0. The van der Waals surface area contributed by atoms with Crippen LogP contribution in [-0.2, 0) is 16.1 Å². The van der Waals surface area contributed by atoms with E-state index in [9.17, 15) is 9.59 Å². The Kier molecular flexibility index (Phi) is 7.83. The van der Waals surface area contributed by atoms with E-state index in [4.69, 9.17) is 4.74 Å². The fourth-order valence-corrected chi connectivity index (χ4v) is 4.65. The monoisotopic (exact) mass is 450 g/mol. The number of piperidine rings is 1. The molecule has 4 rings (SSSR count). The van der Waals surface area contributed by atoms with E-state index in [1.165, 1.54) is 5.69 Å². The SMILES string of the molecule is CCOc1ccc(CN2CCNC(=O)C2CC(=O)NC2CCN(c3ccccc3)CC2)cc1. The average molecular weight is 451 g/mol. The van der Waals surface area contributed by atoms with Crippen LogP contribution in [0.1, 0.15) is 31.7 Å². The molecule has 0 aliphatic carbocycles. The maximum absolute atomic E-state index is 12.8. The molecule has 176 valence electrons. The van der Waals surface area contributed by atoms with Crippen molar-refractivity contribution >= 4 is 17.5 Å². The minimum absolute atomic E-state index is 0.0492. The Morgan fingerprint density at radius 3 is 2.48 bits per heavy atom. The van der Waals surface area contributed by atoms with Crippen molar-refractivity contribution in [2.45, 2.75) is 44.8 Å². The smallest absolute Gasteiger partial charge is 0.237 e. The first kappa shape index (κ1) is 23.1. The van der Waals surface area contributed by atoms with Gasteiger partial charge in [0.2, 0.25) is 11.8 Å². The summed E-state index contributed by atoms with van der Waals surface area (Å²) in [6.07, 6.45) is 2.00. The van der Waals surface area contributed by atoms with Crippen LogP contribution in [0.4, 0.5) is 5.69 Å². The number of ether oxygens (including phenoxy) is 1. The summed E-state index contributed by atoms with van der Waals surface area (Å²) in [5, 5.41) is 6.10. The highest BCUT2D eigenvalue weighted by Crippen LogP contribution is 2.20. The first-order valence-corrected chi connectivity index (χ1v) is 11.9. The molecular weight excluding hydrogens is 416 g/mol. The van der Waals surface area contributed by atoms with Gasteiger partial charge in [-0.25, -0.2) is 0 Å². The Morgan fingerprint density at radius 2 is 1.79 bits per heavy atom. The van der Waals surface area contributed by atoms with E-state index in [1.54, 1.807) is 0 Å². The van der Waals surface area contributed by atoms with Crippen LogP contribution in [-0.4, -0.2) is 61.6 Å². The molecule has 2 N–H and O–H groups in total. The molecule has 0 radical (unpaired) electrons. The number of para-hydroxylation sites is 1. The van der Waals surface area contributed by atoms with Crippen molar-refractivity contribution in [1.82, 2.24) is 15.5 Å². The molecule has 7 nitrogen and oxygen atoms in total. The predicted octanol–water partition coefficient (Wildman–Crippen LogP) is 2.56. The van der Waals surface area contributed by atoms with Gasteiger partial charge >= 0.3 is 0 Å². The number of benzene rings is 2. The summed E-state index contributed by atoms with van der Waals surface area (Å²) in [7, 11) is 0. The summed E-state index contributed by atoms with van der Waals surface area (Å²) in [5.41, 5.74) is 2.33. The lowest BCUT2D eigenvalue weighted by Gasteiger charge is -2.36. The van der Waals surface area contributed by atoms with Gasteiger partial charge in [0.1, 0.15) is 5.75 Å². The maximum Gasteiger partial charge on any atom is 0.237 e. The summed E-state index contributed by atoms with van der Waals surface area (Å²) >= 11 is 0. The zero-order valence-corrected chi connectivity index (χ0v) is 19.3. The number of amides is 2. The molecule has 2 aliphatic rings. The van der Waals surface area contributed by atoms with Gasteiger partial charge < -0.3 is 20.3 Å². The number of anilines is 1. The fourth-order valence-electron chi connectivity index (χ4n) is 4.65. The number of rotatable bonds is 8. The summed E-state index contributed by atoms with van der Waals surface area (Å²) < 4.78 is 5.51. The van der Waals surface area contributed by atoms with Gasteiger partial charge in [0.15, 0.2) is 0 Å². The molecule has 33 heavy (non-hydrogen) atoms. The van der Waals surface area contributed by atoms with Gasteiger partial charge in [-0.15, -0.1) is 0 Å². The first-order valence-electron chi connectivity index (χ1n) is 11.9. The quantitative estimate of drug-likeness (QED) is 0.647. The fraction of sp³-hybridized carbons (Fsp3) is 0.462. The van der Waals surface area contributed by atoms with E-state index in [1.807, 2.05) is 37.3 Å². The lowest BCUT2D eigenvalue weighted by Crippen LogP contribution is -2.56. The molecule has 2 aromatic rings. The van der Waals surface area contributed by atoms with Gasteiger partial charge in [-0.3, -0.25) is 14.5 Å². The Bertz CT molecular complexity index is 911. The average Bonchev–Trinajstić information content (AvgIpc) is 2.84. The molecule has 2 aromatic carbocycles. The number of carbonyl (C=O) groups is 2. The van der Waals surface area contributed by atoms with Crippen molar-refractivity contribution in [1.29, 1.82) is 0 Å². The second-order valence-corrected chi connectivity index (χ2v) is 8.72. The van der Waals surface area contributed by atoms with Gasteiger partial charge in [-0.1, -0.05) is 30.3 Å². The maximum atomic E-state index is 12.8. The Hall–Kier alpha value is -3.06. The number of carbonyl (C=O) groups excluding carboxylic acids is 2. The van der Waals surface area contributed by atoms with E-state index < -0.39 is 6.04 Å². The van der Waals surface area contributed by atoms with E-state index in [-0.39, 0.29) is 24.3 Å². The molecule has 0 saturated carbocycles. The van der Waals surface area contributed by atoms with Crippen LogP contribution in [0, 0.1) is 0 Å². The van der Waals surface area contributed by atoms with Crippen molar-refractivity contribution in [2.24, 2.45) is 0 Å². The molecule has 2 heterocycles. The predicted molar refractivity (Wildman–Crippen MR) is 129 cm³/mol. The molecule has 2 fully saturated rings. The molecule has 2 amide bonds. The highest BCUT2D eigenvalue weighted by molar-refractivity contribution is 5.89. The zero-order valence-electron chi connectivity index (χ0n) is 19.3. The van der Waals surface area contributed by atoms with Crippen LogP contribution in [0.5, 0.6) is 5.75 Å². The first-order chi connectivity index (χ1) is 16.1. The molecule has 7 heteroatoms. The van der Waals surface area contributed by atoms with Crippen molar-refractivity contribution in [3.05, 3.63) is 60.2 Å². The Labute approximate surface area is 196 Å². The molecule has 0 spiro atoms. The largest absolute Gasteiger partial charge is 0.494 e. The van der Waals surface area contributed by atoms with E-state index in [0.29, 0.717) is 19.7 Å². The number of nitrogens with zero attached hydrogens (tertiary/aromatic N) is 2. The standard InChI is InChI=1S/C26H34N4O3/c1-2-33-23-10-8-20(9-11-23)19-30-17-14-27-26(32)24(30)18-25(31)28-21-12-15-29(16-13-21)22-6-4-3-5-7-22/h3-11,21,24H,2,12-19H2,1H3,(H,27,32)(H,28,31). The second-order valence-electron chi connectivity index (χ2n) is 8.72. The van der Waals surface area contributed by atoms with Crippen LogP contribution in [0.2, 0.25) is 0 Å². The van der Waals surface area contributed by atoms with Gasteiger partial charge in [0.05, 0.1) is 19.1 Å². The van der Waals surface area contributed by atoms with Crippen LogP contribution >= 0.6 is 0 Å². The third-order valence-corrected chi connectivity index (χ3v) is 6.42. The minimum atomic E-state index is -0.449. The summed E-state index contributed by atoms with van der Waals surface area (Å²) in [6.45, 7) is 6.40. The van der Waals surface area contributed by atoms with E-state index in [0.717, 1.165) is 43.8 Å². The molecule has 1 atom stereocenters. The summed E-state index contributed by atoms with van der Waals surface area (Å²) in [4.78, 5) is 29.9. The second kappa shape index (κ2) is 11.2. The van der Waals surface area contributed by atoms with Gasteiger partial charge in [0, 0.05) is 44.5 Å². The third-order valence-electron chi connectivity index (χ3n) is 6.42. The third kappa shape index (κ3) is 6.26. The van der Waals surface area contributed by atoms with E-state index >= 15 is 0 Å². The van der Waals surface area contributed by atoms with E-state index in [2.05, 4.69) is 44.7 Å². The van der Waals surface area contributed by atoms with Crippen molar-refractivity contribution in [3.8, 4) is 5.75 Å². The molecular formula is C26H34N4O3. The normalized spacial score (nSPS) is 19.7. The van der Waals surface area contributed by atoms with Crippen molar-refractivity contribution in [2.75, 3.05) is 37.7 Å².